The second-order valence-corrected chi connectivity index (χ2v) is 9.37. The van der Waals surface area contributed by atoms with Crippen molar-refractivity contribution in [2.24, 2.45) is 5.41 Å². The van der Waals surface area contributed by atoms with Crippen molar-refractivity contribution in [1.29, 1.82) is 0 Å². The fraction of sp³-hybridized carbons (Fsp3) is 0.417. The van der Waals surface area contributed by atoms with Gasteiger partial charge in [0.2, 0.25) is 0 Å². The molecule has 2 rings (SSSR count). The summed E-state index contributed by atoms with van der Waals surface area (Å²) in [6.07, 6.45) is 1.24. The quantitative estimate of drug-likeness (QED) is 0.416. The maximum atomic E-state index is 14.6. The van der Waals surface area contributed by atoms with Crippen LogP contribution in [0.2, 0.25) is 0 Å². The van der Waals surface area contributed by atoms with Gasteiger partial charge in [-0.25, -0.2) is 13.8 Å². The number of nitrogens with zero attached hydrogens (tertiary/aromatic N) is 1. The SMILES string of the molecule is CCC[C@@H](N(NC(=O)c1c(F)cc(OB(O)O)cc1F)C(=O)c1cc(C)cc(C)c1)C(C)(C)C. The minimum Gasteiger partial charge on any atom is -0.512 e. The van der Waals surface area contributed by atoms with Gasteiger partial charge in [0.25, 0.3) is 11.8 Å². The highest BCUT2D eigenvalue weighted by atomic mass is 19.1. The highest BCUT2D eigenvalue weighted by Gasteiger charge is 2.36. The number of hydrazine groups is 1. The van der Waals surface area contributed by atoms with Crippen molar-refractivity contribution >= 4 is 19.1 Å². The van der Waals surface area contributed by atoms with E-state index in [4.69, 9.17) is 10.0 Å². The zero-order chi connectivity index (χ0) is 25.8. The van der Waals surface area contributed by atoms with Gasteiger partial charge in [0, 0.05) is 17.7 Å². The van der Waals surface area contributed by atoms with Gasteiger partial charge < -0.3 is 14.7 Å². The highest BCUT2D eigenvalue weighted by Crippen LogP contribution is 2.29. The normalized spacial score (nSPS) is 12.2. The van der Waals surface area contributed by atoms with Gasteiger partial charge in [-0.15, -0.1) is 0 Å². The molecule has 0 fully saturated rings. The van der Waals surface area contributed by atoms with Crippen LogP contribution in [0.15, 0.2) is 30.3 Å². The van der Waals surface area contributed by atoms with Crippen molar-refractivity contribution in [3.8, 4) is 5.75 Å². The Hall–Kier alpha value is -2.98. The zero-order valence-electron chi connectivity index (χ0n) is 20.3. The van der Waals surface area contributed by atoms with Gasteiger partial charge >= 0.3 is 7.32 Å². The van der Waals surface area contributed by atoms with Crippen molar-refractivity contribution in [2.75, 3.05) is 0 Å². The molecule has 0 aliphatic heterocycles. The van der Waals surface area contributed by atoms with E-state index in [9.17, 15) is 18.4 Å². The summed E-state index contributed by atoms with van der Waals surface area (Å²) in [5.74, 6) is -4.74. The summed E-state index contributed by atoms with van der Waals surface area (Å²) in [4.78, 5) is 26.6. The monoisotopic (exact) mass is 476 g/mol. The van der Waals surface area contributed by atoms with Gasteiger partial charge in [-0.05, 0) is 37.8 Å². The summed E-state index contributed by atoms with van der Waals surface area (Å²) in [5.41, 5.74) is 3.09. The van der Waals surface area contributed by atoms with Crippen LogP contribution in [-0.4, -0.2) is 40.2 Å². The van der Waals surface area contributed by atoms with E-state index < -0.39 is 53.5 Å². The molecule has 0 aliphatic carbocycles. The molecule has 10 heteroatoms. The first-order valence-electron chi connectivity index (χ1n) is 11.0. The van der Waals surface area contributed by atoms with E-state index >= 15 is 0 Å². The van der Waals surface area contributed by atoms with Crippen molar-refractivity contribution in [3.63, 3.8) is 0 Å². The molecule has 0 saturated heterocycles. The lowest BCUT2D eigenvalue weighted by molar-refractivity contribution is 0.0268. The van der Waals surface area contributed by atoms with Crippen LogP contribution in [0.5, 0.6) is 5.75 Å². The van der Waals surface area contributed by atoms with Gasteiger partial charge in [0.15, 0.2) is 0 Å². The molecule has 0 spiro atoms. The Balaban J connectivity index is 2.51. The van der Waals surface area contributed by atoms with Crippen LogP contribution in [0.1, 0.15) is 72.4 Å². The molecule has 0 heterocycles. The number of hydrogen-bond donors (Lipinski definition) is 3. The fourth-order valence-electron chi connectivity index (χ4n) is 3.85. The molecule has 0 radical (unpaired) electrons. The van der Waals surface area contributed by atoms with E-state index in [2.05, 4.69) is 10.1 Å². The summed E-state index contributed by atoms with van der Waals surface area (Å²) in [6.45, 7) is 11.4. The molecule has 2 aromatic rings. The Labute approximate surface area is 198 Å². The van der Waals surface area contributed by atoms with E-state index in [1.54, 1.807) is 12.1 Å². The summed E-state index contributed by atoms with van der Waals surface area (Å²) < 4.78 is 33.7. The number of amides is 2. The van der Waals surface area contributed by atoms with E-state index in [-0.39, 0.29) is 0 Å². The van der Waals surface area contributed by atoms with E-state index in [0.717, 1.165) is 16.1 Å². The number of nitrogens with one attached hydrogen (secondary N) is 1. The molecule has 3 N–H and O–H groups in total. The van der Waals surface area contributed by atoms with Gasteiger partial charge in [0.1, 0.15) is 22.9 Å². The first kappa shape index (κ1) is 27.3. The third kappa shape index (κ3) is 6.77. The molecule has 184 valence electrons. The van der Waals surface area contributed by atoms with Crippen molar-refractivity contribution in [3.05, 3.63) is 64.2 Å². The number of carbonyl (C=O) groups is 2. The largest absolute Gasteiger partial charge is 0.707 e. The summed E-state index contributed by atoms with van der Waals surface area (Å²) >= 11 is 0. The molecular formula is C24H31BF2N2O5. The predicted molar refractivity (Wildman–Crippen MR) is 125 cm³/mol. The molecule has 0 saturated carbocycles. The lowest BCUT2D eigenvalue weighted by Crippen LogP contribution is -2.56. The van der Waals surface area contributed by atoms with E-state index in [1.807, 2.05) is 47.6 Å². The molecule has 0 bridgehead atoms. The van der Waals surface area contributed by atoms with E-state index in [1.165, 1.54) is 0 Å². The first-order valence-corrected chi connectivity index (χ1v) is 11.0. The zero-order valence-corrected chi connectivity index (χ0v) is 20.3. The molecular weight excluding hydrogens is 445 g/mol. The van der Waals surface area contributed by atoms with Crippen molar-refractivity contribution < 1.29 is 33.1 Å². The molecule has 2 amide bonds. The predicted octanol–water partition coefficient (Wildman–Crippen LogP) is 3.93. The first-order chi connectivity index (χ1) is 15.7. The molecule has 1 atom stereocenters. The van der Waals surface area contributed by atoms with E-state index in [0.29, 0.717) is 30.5 Å². The Bertz CT molecular complexity index is 1010. The minimum atomic E-state index is -2.29. The maximum absolute atomic E-state index is 14.6. The van der Waals surface area contributed by atoms with Crippen LogP contribution in [0.25, 0.3) is 0 Å². The Morgan fingerprint density at radius 2 is 1.59 bits per heavy atom. The van der Waals surface area contributed by atoms with Crippen LogP contribution >= 0.6 is 0 Å². The Morgan fingerprint density at radius 3 is 2.03 bits per heavy atom. The number of halogens is 2. The second-order valence-electron chi connectivity index (χ2n) is 9.37. The summed E-state index contributed by atoms with van der Waals surface area (Å²) in [7, 11) is -2.29. The van der Waals surface area contributed by atoms with Crippen LogP contribution in [0.3, 0.4) is 0 Å². The Morgan fingerprint density at radius 1 is 1.06 bits per heavy atom. The van der Waals surface area contributed by atoms with Crippen LogP contribution in [0, 0.1) is 30.9 Å². The van der Waals surface area contributed by atoms with Crippen LogP contribution < -0.4 is 10.1 Å². The molecule has 34 heavy (non-hydrogen) atoms. The molecule has 0 unspecified atom stereocenters. The van der Waals surface area contributed by atoms with Gasteiger partial charge in [-0.2, -0.15) is 0 Å². The maximum Gasteiger partial charge on any atom is 0.707 e. The third-order valence-electron chi connectivity index (χ3n) is 5.27. The molecule has 0 aromatic heterocycles. The van der Waals surface area contributed by atoms with Crippen molar-refractivity contribution in [1.82, 2.24) is 10.4 Å². The third-order valence-corrected chi connectivity index (χ3v) is 5.27. The molecule has 7 nitrogen and oxygen atoms in total. The second kappa shape index (κ2) is 11.0. The van der Waals surface area contributed by atoms with Crippen LogP contribution in [-0.2, 0) is 0 Å². The average Bonchev–Trinajstić information content (AvgIpc) is 2.67. The topological polar surface area (TPSA) is 99.1 Å². The van der Waals surface area contributed by atoms with Crippen molar-refractivity contribution in [2.45, 2.75) is 60.4 Å². The number of aryl methyl sites for hydroxylation is 2. The number of rotatable bonds is 7. The van der Waals surface area contributed by atoms with Gasteiger partial charge in [-0.3, -0.25) is 15.0 Å². The number of benzene rings is 2. The smallest absolute Gasteiger partial charge is 0.512 e. The lowest BCUT2D eigenvalue weighted by atomic mass is 9.83. The Kier molecular flexibility index (Phi) is 8.80. The summed E-state index contributed by atoms with van der Waals surface area (Å²) in [6, 6.07) is 6.11. The minimum absolute atomic E-state index is 0.338. The van der Waals surface area contributed by atoms with Crippen LogP contribution in [0.4, 0.5) is 8.78 Å². The number of hydrogen-bond acceptors (Lipinski definition) is 5. The average molecular weight is 476 g/mol. The molecule has 0 aliphatic rings. The standard InChI is InChI=1S/C24H31BF2N2O5/c1-7-8-20(24(4,5)6)29(23(31)16-10-14(2)9-15(3)11-16)28-22(30)21-18(26)12-17(13-19(21)27)34-25(32)33/h9-13,20,32-33H,7-8H2,1-6H3,(H,28,30)/t20-/m1/s1. The van der Waals surface area contributed by atoms with Gasteiger partial charge in [0.05, 0.1) is 6.04 Å². The van der Waals surface area contributed by atoms with Gasteiger partial charge in [-0.1, -0.05) is 51.3 Å². The highest BCUT2D eigenvalue weighted by molar-refractivity contribution is 6.33. The lowest BCUT2D eigenvalue weighted by Gasteiger charge is -2.40. The fourth-order valence-corrected chi connectivity index (χ4v) is 3.85. The number of carbonyl (C=O) groups excluding carboxylic acids is 2. The summed E-state index contributed by atoms with van der Waals surface area (Å²) in [5, 5.41) is 18.8. The molecule has 2 aromatic carbocycles.